The molecule has 0 aliphatic carbocycles. The number of nitrogens with zero attached hydrogens (tertiary/aromatic N) is 2. The molecular weight excluding hydrogens is 328 g/mol. The highest BCUT2D eigenvalue weighted by Gasteiger charge is 2.55. The molecule has 0 saturated carbocycles. The predicted molar refractivity (Wildman–Crippen MR) is 88.4 cm³/mol. The van der Waals surface area contributed by atoms with Crippen LogP contribution < -0.4 is 0 Å². The summed E-state index contributed by atoms with van der Waals surface area (Å²) in [5, 5.41) is 4.43. The summed E-state index contributed by atoms with van der Waals surface area (Å²) in [6.45, 7) is 0.227. The quantitative estimate of drug-likeness (QED) is 0.807. The Morgan fingerprint density at radius 2 is 1.71 bits per heavy atom. The minimum atomic E-state index is -0.896. The lowest BCUT2D eigenvalue weighted by atomic mass is 9.94. The van der Waals surface area contributed by atoms with E-state index in [9.17, 15) is 9.59 Å². The Bertz CT molecular complexity index is 850. The molecular formula is C18H13ClN2O3. The van der Waals surface area contributed by atoms with Crippen LogP contribution in [0.25, 0.3) is 0 Å². The Morgan fingerprint density at radius 1 is 1.00 bits per heavy atom. The van der Waals surface area contributed by atoms with Crippen molar-refractivity contribution in [2.24, 2.45) is 11.1 Å². The van der Waals surface area contributed by atoms with Gasteiger partial charge in [0.25, 0.3) is 5.91 Å². The molecule has 0 N–H and O–H groups in total. The maximum absolute atomic E-state index is 12.8. The van der Waals surface area contributed by atoms with E-state index < -0.39 is 12.0 Å². The van der Waals surface area contributed by atoms with Gasteiger partial charge in [-0.2, -0.15) is 0 Å². The van der Waals surface area contributed by atoms with Crippen molar-refractivity contribution in [3.8, 4) is 0 Å². The lowest BCUT2D eigenvalue weighted by molar-refractivity contribution is -0.142. The molecule has 6 heteroatoms. The third kappa shape index (κ3) is 2.29. The van der Waals surface area contributed by atoms with Crippen molar-refractivity contribution < 1.29 is 14.4 Å². The number of likely N-dealkylation sites (tertiary alicyclic amines) is 1. The van der Waals surface area contributed by atoms with Crippen LogP contribution >= 0.6 is 11.6 Å². The normalized spacial score (nSPS) is 22.4. The van der Waals surface area contributed by atoms with Crippen molar-refractivity contribution in [3.63, 3.8) is 0 Å². The topological polar surface area (TPSA) is 59.0 Å². The van der Waals surface area contributed by atoms with E-state index in [0.717, 1.165) is 5.56 Å². The van der Waals surface area contributed by atoms with Crippen LogP contribution in [0.2, 0.25) is 5.02 Å². The van der Waals surface area contributed by atoms with Crippen molar-refractivity contribution in [2.45, 2.75) is 12.6 Å². The Labute approximate surface area is 143 Å². The van der Waals surface area contributed by atoms with Crippen LogP contribution in [0.3, 0.4) is 0 Å². The summed E-state index contributed by atoms with van der Waals surface area (Å²) in [5.41, 5.74) is 1.92. The second-order valence-electron chi connectivity index (χ2n) is 5.71. The van der Waals surface area contributed by atoms with Crippen LogP contribution in [0.1, 0.15) is 11.1 Å². The number of rotatable bonds is 3. The van der Waals surface area contributed by atoms with Gasteiger partial charge in [0, 0.05) is 10.6 Å². The lowest BCUT2D eigenvalue weighted by Crippen LogP contribution is -2.32. The minimum Gasteiger partial charge on any atom is -0.381 e. The number of hydrogen-bond donors (Lipinski definition) is 0. The monoisotopic (exact) mass is 340 g/mol. The average molecular weight is 341 g/mol. The first-order chi connectivity index (χ1) is 11.7. The molecule has 5 nitrogen and oxygen atoms in total. The molecule has 4 rings (SSSR count). The number of benzene rings is 2. The van der Waals surface area contributed by atoms with Crippen LogP contribution in [0.15, 0.2) is 59.8 Å². The van der Waals surface area contributed by atoms with E-state index in [1.54, 1.807) is 24.3 Å². The smallest absolute Gasteiger partial charge is 0.274 e. The molecule has 1 fully saturated rings. The van der Waals surface area contributed by atoms with Gasteiger partial charge < -0.3 is 4.84 Å². The van der Waals surface area contributed by atoms with Gasteiger partial charge in [0.1, 0.15) is 11.6 Å². The summed E-state index contributed by atoms with van der Waals surface area (Å²) < 4.78 is 0. The molecule has 1 saturated heterocycles. The number of imide groups is 1. The molecule has 2 aliphatic heterocycles. The molecule has 2 aromatic carbocycles. The maximum Gasteiger partial charge on any atom is 0.274 e. The van der Waals surface area contributed by atoms with Crippen molar-refractivity contribution in [1.82, 2.24) is 4.90 Å². The average Bonchev–Trinajstić information content (AvgIpc) is 3.13. The number of hydrogen-bond acceptors (Lipinski definition) is 4. The Balaban J connectivity index is 1.64. The van der Waals surface area contributed by atoms with E-state index in [2.05, 4.69) is 5.16 Å². The zero-order valence-electron chi connectivity index (χ0n) is 12.6. The molecule has 2 aromatic rings. The van der Waals surface area contributed by atoms with E-state index in [-0.39, 0.29) is 18.4 Å². The fraction of sp³-hybridized carbons (Fsp3) is 0.167. The summed E-state index contributed by atoms with van der Waals surface area (Å²) in [4.78, 5) is 31.8. The van der Waals surface area contributed by atoms with Crippen molar-refractivity contribution in [3.05, 3.63) is 70.7 Å². The molecule has 2 amide bonds. The van der Waals surface area contributed by atoms with Gasteiger partial charge in [-0.15, -0.1) is 0 Å². The zero-order valence-corrected chi connectivity index (χ0v) is 13.3. The van der Waals surface area contributed by atoms with E-state index in [4.69, 9.17) is 16.4 Å². The summed E-state index contributed by atoms with van der Waals surface area (Å²) in [6.07, 6.45) is -0.896. The first kappa shape index (κ1) is 14.9. The molecule has 2 atom stereocenters. The highest BCUT2D eigenvalue weighted by molar-refractivity contribution is 6.36. The number of carbonyl (C=O) groups is 2. The summed E-state index contributed by atoms with van der Waals surface area (Å²) >= 11 is 6.20. The third-order valence-electron chi connectivity index (χ3n) is 4.24. The SMILES string of the molecule is O=C1[C@H]2C(c3ccccc3Cl)=NO[C@@H]2C(=O)N1Cc1ccccc1. The molecule has 0 radical (unpaired) electrons. The number of fused-ring (bicyclic) bond motifs is 1. The van der Waals surface area contributed by atoms with Gasteiger partial charge in [-0.1, -0.05) is 65.3 Å². The van der Waals surface area contributed by atoms with Crippen LogP contribution in [-0.4, -0.2) is 28.5 Å². The fourth-order valence-electron chi connectivity index (χ4n) is 3.05. The Kier molecular flexibility index (Phi) is 3.58. The highest BCUT2D eigenvalue weighted by Crippen LogP contribution is 2.34. The Morgan fingerprint density at radius 3 is 2.46 bits per heavy atom. The van der Waals surface area contributed by atoms with Crippen LogP contribution in [0.4, 0.5) is 0 Å². The standard InChI is InChI=1S/C18H13ClN2O3/c19-13-9-5-4-8-12(13)15-14-16(24-20-15)18(23)21(17(14)22)10-11-6-2-1-3-7-11/h1-9,14,16H,10H2/t14-,16-/m0/s1. The van der Waals surface area contributed by atoms with Crippen molar-refractivity contribution in [1.29, 1.82) is 0 Å². The van der Waals surface area contributed by atoms with E-state index in [1.165, 1.54) is 4.90 Å². The lowest BCUT2D eigenvalue weighted by Gasteiger charge is -2.15. The largest absolute Gasteiger partial charge is 0.381 e. The van der Waals surface area contributed by atoms with Gasteiger partial charge in [-0.05, 0) is 11.6 Å². The molecule has 2 heterocycles. The number of amides is 2. The van der Waals surface area contributed by atoms with E-state index in [1.807, 2.05) is 30.3 Å². The van der Waals surface area contributed by atoms with Gasteiger partial charge in [0.2, 0.25) is 12.0 Å². The number of oxime groups is 1. The molecule has 0 aromatic heterocycles. The van der Waals surface area contributed by atoms with Crippen molar-refractivity contribution in [2.75, 3.05) is 0 Å². The first-order valence-electron chi connectivity index (χ1n) is 7.54. The van der Waals surface area contributed by atoms with Gasteiger partial charge in [-0.25, -0.2) is 0 Å². The molecule has 0 spiro atoms. The van der Waals surface area contributed by atoms with Gasteiger partial charge in [0.05, 0.1) is 6.54 Å². The molecule has 2 aliphatic rings. The van der Waals surface area contributed by atoms with Crippen LogP contribution in [0.5, 0.6) is 0 Å². The second-order valence-corrected chi connectivity index (χ2v) is 6.12. The van der Waals surface area contributed by atoms with E-state index >= 15 is 0 Å². The fourth-order valence-corrected chi connectivity index (χ4v) is 3.28. The molecule has 120 valence electrons. The van der Waals surface area contributed by atoms with Crippen LogP contribution in [-0.2, 0) is 21.0 Å². The van der Waals surface area contributed by atoms with Crippen LogP contribution in [0, 0.1) is 5.92 Å². The van der Waals surface area contributed by atoms with Gasteiger partial charge in [0.15, 0.2) is 0 Å². The summed E-state index contributed by atoms with van der Waals surface area (Å²) in [6, 6.07) is 16.5. The van der Waals surface area contributed by atoms with Crippen molar-refractivity contribution >= 4 is 29.1 Å². The molecule has 0 bridgehead atoms. The minimum absolute atomic E-state index is 0.227. The van der Waals surface area contributed by atoms with Gasteiger partial charge >= 0.3 is 0 Å². The first-order valence-corrected chi connectivity index (χ1v) is 7.92. The maximum atomic E-state index is 12.8. The predicted octanol–water partition coefficient (Wildman–Crippen LogP) is 2.63. The molecule has 24 heavy (non-hydrogen) atoms. The highest BCUT2D eigenvalue weighted by atomic mass is 35.5. The zero-order chi connectivity index (χ0) is 16.7. The number of carbonyl (C=O) groups excluding carboxylic acids is 2. The second kappa shape index (κ2) is 5.76. The summed E-state index contributed by atoms with van der Waals surface area (Å²) in [7, 11) is 0. The summed E-state index contributed by atoms with van der Waals surface area (Å²) in [5.74, 6) is -1.40. The number of halogens is 1. The molecule has 0 unspecified atom stereocenters. The Hall–Kier alpha value is -2.66. The van der Waals surface area contributed by atoms with E-state index in [0.29, 0.717) is 16.3 Å². The van der Waals surface area contributed by atoms with Gasteiger partial charge in [-0.3, -0.25) is 14.5 Å². The third-order valence-corrected chi connectivity index (χ3v) is 4.57.